The number of aryl methyl sites for hydroxylation is 1. The van der Waals surface area contributed by atoms with Crippen molar-refractivity contribution < 1.29 is 13.2 Å². The Bertz CT molecular complexity index is 1330. The second kappa shape index (κ2) is 11.8. The highest BCUT2D eigenvalue weighted by molar-refractivity contribution is 7.89. The molecule has 13 heteroatoms. The molecule has 0 radical (unpaired) electrons. The number of hydrogen-bond acceptors (Lipinski definition) is 7. The molecule has 202 valence electrons. The fourth-order valence-electron chi connectivity index (χ4n) is 4.95. The Morgan fingerprint density at radius 3 is 2.43 bits per heavy atom. The van der Waals surface area contributed by atoms with E-state index in [1.54, 1.807) is 0 Å². The first-order valence-corrected chi connectivity index (χ1v) is 14.3. The minimum absolute atomic E-state index is 0.000469. The van der Waals surface area contributed by atoms with Gasteiger partial charge in [-0.2, -0.15) is 4.31 Å². The van der Waals surface area contributed by atoms with Crippen LogP contribution < -0.4 is 21.5 Å². The fourth-order valence-corrected chi connectivity index (χ4v) is 6.81. The maximum atomic E-state index is 13.0. The summed E-state index contributed by atoms with van der Waals surface area (Å²) in [4.78, 5) is 44.7. The number of nitrogens with zero attached hydrogens (tertiary/aromatic N) is 3. The lowest BCUT2D eigenvalue weighted by molar-refractivity contribution is -0.126. The van der Waals surface area contributed by atoms with Crippen LogP contribution in [-0.2, 0) is 14.8 Å². The van der Waals surface area contributed by atoms with Gasteiger partial charge >= 0.3 is 5.69 Å². The summed E-state index contributed by atoms with van der Waals surface area (Å²) in [5, 5.41) is 3.73. The van der Waals surface area contributed by atoms with Gasteiger partial charge in [-0.15, -0.1) is 0 Å². The fraction of sp³-hybridized carbons (Fsp3) is 0.542. The summed E-state index contributed by atoms with van der Waals surface area (Å²) in [6.07, 6.45) is 1.58. The molecule has 0 bridgehead atoms. The number of aromatic nitrogens is 2. The van der Waals surface area contributed by atoms with Crippen molar-refractivity contribution >= 4 is 33.2 Å². The number of nitrogens with one attached hydrogen (secondary N) is 3. The summed E-state index contributed by atoms with van der Waals surface area (Å²) in [5.74, 6) is -0.344. The number of carbonyl (C=O) groups is 1. The third kappa shape index (κ3) is 6.61. The second-order valence-corrected chi connectivity index (χ2v) is 11.8. The molecule has 0 saturated carbocycles. The number of amides is 1. The maximum absolute atomic E-state index is 13.0. The van der Waals surface area contributed by atoms with Gasteiger partial charge in [-0.3, -0.25) is 19.5 Å². The van der Waals surface area contributed by atoms with Gasteiger partial charge in [0.05, 0.1) is 0 Å². The Hall–Kier alpha value is -2.67. The van der Waals surface area contributed by atoms with Crippen LogP contribution in [0.2, 0.25) is 5.02 Å². The van der Waals surface area contributed by atoms with E-state index in [0.717, 1.165) is 49.9 Å². The van der Waals surface area contributed by atoms with Gasteiger partial charge in [-0.25, -0.2) is 13.2 Å². The summed E-state index contributed by atoms with van der Waals surface area (Å²) < 4.78 is 27.1. The van der Waals surface area contributed by atoms with Crippen LogP contribution in [0.4, 0.5) is 5.69 Å². The number of piperidine rings is 1. The molecule has 0 unspecified atom stereocenters. The Morgan fingerprint density at radius 2 is 1.78 bits per heavy atom. The summed E-state index contributed by atoms with van der Waals surface area (Å²) in [6, 6.07) is 7.89. The van der Waals surface area contributed by atoms with E-state index in [1.165, 1.54) is 11.2 Å². The molecule has 4 rings (SSSR count). The molecule has 3 N–H and O–H groups in total. The van der Waals surface area contributed by atoms with Crippen LogP contribution in [0.5, 0.6) is 0 Å². The van der Waals surface area contributed by atoms with Crippen molar-refractivity contribution in [1.29, 1.82) is 0 Å². The molecule has 1 aromatic heterocycles. The smallest absolute Gasteiger partial charge is 0.325 e. The van der Waals surface area contributed by atoms with Crippen molar-refractivity contribution in [3.8, 4) is 0 Å². The highest BCUT2D eigenvalue weighted by Gasteiger charge is 2.34. The van der Waals surface area contributed by atoms with Crippen LogP contribution >= 0.6 is 11.6 Å². The first-order valence-electron chi connectivity index (χ1n) is 12.5. The van der Waals surface area contributed by atoms with Gasteiger partial charge in [0.15, 0.2) is 4.90 Å². The first kappa shape index (κ1) is 27.4. The second-order valence-electron chi connectivity index (χ2n) is 9.49. The monoisotopic (exact) mass is 552 g/mol. The van der Waals surface area contributed by atoms with Gasteiger partial charge in [-0.1, -0.05) is 17.7 Å². The van der Waals surface area contributed by atoms with Crippen LogP contribution in [0, 0.1) is 12.8 Å². The Balaban J connectivity index is 1.17. The highest BCUT2D eigenvalue weighted by atomic mass is 35.5. The normalized spacial score (nSPS) is 18.2. The number of benzene rings is 1. The highest BCUT2D eigenvalue weighted by Crippen LogP contribution is 2.24. The van der Waals surface area contributed by atoms with Gasteiger partial charge in [-0.05, 0) is 50.9 Å². The van der Waals surface area contributed by atoms with E-state index in [9.17, 15) is 22.8 Å². The summed E-state index contributed by atoms with van der Waals surface area (Å²) in [6.45, 7) is 6.87. The number of H-pyrrole nitrogens is 2. The van der Waals surface area contributed by atoms with E-state index in [1.807, 2.05) is 23.2 Å². The van der Waals surface area contributed by atoms with Crippen molar-refractivity contribution in [3.05, 3.63) is 55.8 Å². The predicted molar refractivity (Wildman–Crippen MR) is 142 cm³/mol. The van der Waals surface area contributed by atoms with Crippen LogP contribution in [0.3, 0.4) is 0 Å². The van der Waals surface area contributed by atoms with Gasteiger partial charge in [0.25, 0.3) is 5.56 Å². The van der Waals surface area contributed by atoms with Crippen LogP contribution in [0.1, 0.15) is 25.0 Å². The van der Waals surface area contributed by atoms with E-state index in [0.29, 0.717) is 19.4 Å². The third-order valence-corrected chi connectivity index (χ3v) is 9.28. The van der Waals surface area contributed by atoms with Crippen molar-refractivity contribution in [1.82, 2.24) is 24.5 Å². The van der Waals surface area contributed by atoms with Crippen LogP contribution in [0.15, 0.2) is 38.8 Å². The molecule has 2 aliphatic rings. The Kier molecular flexibility index (Phi) is 8.73. The zero-order chi connectivity index (χ0) is 26.6. The van der Waals surface area contributed by atoms with Crippen molar-refractivity contribution in [3.63, 3.8) is 0 Å². The number of rotatable bonds is 8. The van der Waals surface area contributed by atoms with Crippen molar-refractivity contribution in [2.75, 3.05) is 57.3 Å². The Labute approximate surface area is 220 Å². The minimum atomic E-state index is -4.07. The van der Waals surface area contributed by atoms with Gasteiger partial charge in [0.2, 0.25) is 15.9 Å². The predicted octanol–water partition coefficient (Wildman–Crippen LogP) is 0.754. The molecule has 37 heavy (non-hydrogen) atoms. The lowest BCUT2D eigenvalue weighted by Gasteiger charge is -2.36. The summed E-state index contributed by atoms with van der Waals surface area (Å²) in [5.41, 5.74) is -0.554. The molecule has 2 saturated heterocycles. The van der Waals surface area contributed by atoms with Crippen LogP contribution in [-0.4, -0.2) is 85.9 Å². The van der Waals surface area contributed by atoms with E-state index in [4.69, 9.17) is 11.6 Å². The van der Waals surface area contributed by atoms with Crippen molar-refractivity contribution in [2.24, 2.45) is 5.92 Å². The van der Waals surface area contributed by atoms with Gasteiger partial charge in [0, 0.05) is 68.1 Å². The standard InChI is InChI=1S/C24H33ClN6O5S/c1-17-21(23(33)28-24(34)27-17)37(35,36)31-10-6-18(7-11-31)22(32)26-8-3-9-29-12-14-30(15-13-29)20-5-2-4-19(25)16-20/h2,4-5,16,18H,3,6-15H2,1H3,(H,26,32)(H2,27,28,33,34). The maximum Gasteiger partial charge on any atom is 0.325 e. The Morgan fingerprint density at radius 1 is 1.08 bits per heavy atom. The molecule has 0 aliphatic carbocycles. The van der Waals surface area contributed by atoms with Gasteiger partial charge in [0.1, 0.15) is 0 Å². The molecule has 0 spiro atoms. The largest absolute Gasteiger partial charge is 0.369 e. The molecule has 1 aromatic carbocycles. The molecule has 2 aliphatic heterocycles. The number of hydrogen-bond donors (Lipinski definition) is 3. The number of halogens is 1. The van der Waals surface area contributed by atoms with E-state index in [-0.39, 0.29) is 30.6 Å². The number of aromatic amines is 2. The molecule has 2 aromatic rings. The minimum Gasteiger partial charge on any atom is -0.369 e. The topological polar surface area (TPSA) is 139 Å². The van der Waals surface area contributed by atoms with E-state index < -0.39 is 26.2 Å². The number of carbonyl (C=O) groups excluding carboxylic acids is 1. The molecule has 2 fully saturated rings. The summed E-state index contributed by atoms with van der Waals surface area (Å²) in [7, 11) is -4.07. The first-order chi connectivity index (χ1) is 17.6. The number of sulfonamides is 1. The molecule has 1 amide bonds. The lowest BCUT2D eigenvalue weighted by Crippen LogP contribution is -2.47. The lowest BCUT2D eigenvalue weighted by atomic mass is 9.97. The zero-order valence-corrected chi connectivity index (χ0v) is 22.4. The zero-order valence-electron chi connectivity index (χ0n) is 20.8. The van der Waals surface area contributed by atoms with E-state index >= 15 is 0 Å². The quantitative estimate of drug-likeness (QED) is 0.411. The van der Waals surface area contributed by atoms with Crippen LogP contribution in [0.25, 0.3) is 0 Å². The average molecular weight is 553 g/mol. The molecular weight excluding hydrogens is 520 g/mol. The summed E-state index contributed by atoms with van der Waals surface area (Å²) >= 11 is 6.10. The van der Waals surface area contributed by atoms with Crippen molar-refractivity contribution in [2.45, 2.75) is 31.1 Å². The van der Waals surface area contributed by atoms with Gasteiger partial charge < -0.3 is 15.2 Å². The molecule has 3 heterocycles. The number of anilines is 1. The number of piperazine rings is 1. The SMILES string of the molecule is Cc1[nH]c(=O)[nH]c(=O)c1S(=O)(=O)N1CCC(C(=O)NCCCN2CCN(c3cccc(Cl)c3)CC2)CC1. The molecular formula is C24H33ClN6O5S. The third-order valence-electron chi connectivity index (χ3n) is 6.99. The molecule has 11 nitrogen and oxygen atoms in total. The molecule has 0 atom stereocenters. The van der Waals surface area contributed by atoms with E-state index in [2.05, 4.69) is 26.2 Å². The average Bonchev–Trinajstić information content (AvgIpc) is 2.86.